The summed E-state index contributed by atoms with van der Waals surface area (Å²) in [4.78, 5) is 11.0. The number of ether oxygens (including phenoxy) is 2. The Bertz CT molecular complexity index is 340. The van der Waals surface area contributed by atoms with Crippen molar-refractivity contribution in [1.29, 1.82) is 0 Å². The molecule has 0 radical (unpaired) electrons. The first kappa shape index (κ1) is 20.2. The van der Waals surface area contributed by atoms with Crippen LogP contribution in [0.1, 0.15) is 77.6 Å². The zero-order valence-corrected chi connectivity index (χ0v) is 14.8. The van der Waals surface area contributed by atoms with Crippen LogP contribution in [-0.4, -0.2) is 36.5 Å². The van der Waals surface area contributed by atoms with Crippen molar-refractivity contribution in [2.24, 2.45) is 0 Å². The summed E-state index contributed by atoms with van der Waals surface area (Å²) >= 11 is 0. The molecule has 0 spiro atoms. The maximum atomic E-state index is 11.0. The molecule has 3 atom stereocenters. The molecule has 4 nitrogen and oxygen atoms in total. The summed E-state index contributed by atoms with van der Waals surface area (Å²) in [6, 6.07) is 0. The summed E-state index contributed by atoms with van der Waals surface area (Å²) in [6.07, 6.45) is 15.5. The number of esters is 1. The highest BCUT2D eigenvalue weighted by atomic mass is 16.6. The highest BCUT2D eigenvalue weighted by Gasteiger charge is 2.42. The van der Waals surface area contributed by atoms with Crippen molar-refractivity contribution in [3.63, 3.8) is 0 Å². The van der Waals surface area contributed by atoms with Crippen LogP contribution >= 0.6 is 0 Å². The van der Waals surface area contributed by atoms with Crippen LogP contribution in [0.25, 0.3) is 0 Å². The smallest absolute Gasteiger partial charge is 0.305 e. The van der Waals surface area contributed by atoms with Crippen molar-refractivity contribution in [3.8, 4) is 0 Å². The van der Waals surface area contributed by atoms with Crippen LogP contribution in [0, 0.1) is 0 Å². The minimum Gasteiger partial charge on any atom is -0.469 e. The Labute approximate surface area is 141 Å². The van der Waals surface area contributed by atoms with Gasteiger partial charge in [-0.2, -0.15) is 0 Å². The van der Waals surface area contributed by atoms with Crippen LogP contribution in [0.15, 0.2) is 12.2 Å². The molecule has 1 aliphatic rings. The molecular weight excluding hydrogens is 292 g/mol. The zero-order valence-electron chi connectivity index (χ0n) is 14.8. The van der Waals surface area contributed by atoms with E-state index in [0.717, 1.165) is 44.9 Å². The molecule has 0 saturated carbocycles. The van der Waals surface area contributed by atoms with Gasteiger partial charge in [-0.3, -0.25) is 4.79 Å². The highest BCUT2D eigenvalue weighted by Crippen LogP contribution is 2.31. The molecule has 1 fully saturated rings. The van der Waals surface area contributed by atoms with E-state index in [0.29, 0.717) is 6.42 Å². The molecule has 0 amide bonds. The Kier molecular flexibility index (Phi) is 11.0. The third-order valence-corrected chi connectivity index (χ3v) is 4.36. The van der Waals surface area contributed by atoms with Crippen LogP contribution in [0.4, 0.5) is 0 Å². The highest BCUT2D eigenvalue weighted by molar-refractivity contribution is 5.68. The number of epoxide rings is 1. The van der Waals surface area contributed by atoms with Gasteiger partial charge in [0, 0.05) is 6.42 Å². The van der Waals surface area contributed by atoms with E-state index in [1.165, 1.54) is 26.4 Å². The number of carbonyl (C=O) groups excluding carboxylic acids is 1. The van der Waals surface area contributed by atoms with Crippen LogP contribution in [0.5, 0.6) is 0 Å². The molecule has 1 heterocycles. The van der Waals surface area contributed by atoms with E-state index in [1.54, 1.807) is 0 Å². The van der Waals surface area contributed by atoms with Gasteiger partial charge in [0.25, 0.3) is 0 Å². The fourth-order valence-corrected chi connectivity index (χ4v) is 2.79. The predicted octanol–water partition coefficient (Wildman–Crippen LogP) is 4.15. The lowest BCUT2D eigenvalue weighted by molar-refractivity contribution is -0.140. The van der Waals surface area contributed by atoms with Crippen molar-refractivity contribution in [3.05, 3.63) is 12.2 Å². The van der Waals surface area contributed by atoms with E-state index in [9.17, 15) is 9.90 Å². The van der Waals surface area contributed by atoms with E-state index in [1.807, 2.05) is 6.08 Å². The number of rotatable bonds is 14. The molecular formula is C19H34O4. The summed E-state index contributed by atoms with van der Waals surface area (Å²) in [5, 5.41) is 10.0. The second-order valence-corrected chi connectivity index (χ2v) is 6.44. The topological polar surface area (TPSA) is 59.1 Å². The quantitative estimate of drug-likeness (QED) is 0.225. The Morgan fingerprint density at radius 3 is 2.65 bits per heavy atom. The van der Waals surface area contributed by atoms with Gasteiger partial charge in [0.05, 0.1) is 13.2 Å². The SMILES string of the molecule is CCCCC/C=C\[C@@H](O)[C@H]1O[C@H]1CCCCCCCC(=O)OC. The summed E-state index contributed by atoms with van der Waals surface area (Å²) < 4.78 is 10.2. The van der Waals surface area contributed by atoms with Gasteiger partial charge in [-0.15, -0.1) is 0 Å². The van der Waals surface area contributed by atoms with Crippen LogP contribution in [0.3, 0.4) is 0 Å². The van der Waals surface area contributed by atoms with E-state index in [-0.39, 0.29) is 18.2 Å². The number of allylic oxidation sites excluding steroid dienone is 1. The number of carbonyl (C=O) groups is 1. The normalized spacial score (nSPS) is 21.5. The molecule has 0 bridgehead atoms. The lowest BCUT2D eigenvalue weighted by Crippen LogP contribution is -2.13. The molecule has 4 heteroatoms. The molecule has 1 N–H and O–H groups in total. The maximum Gasteiger partial charge on any atom is 0.305 e. The van der Waals surface area contributed by atoms with E-state index < -0.39 is 6.10 Å². The molecule has 1 aliphatic heterocycles. The number of unbranched alkanes of at least 4 members (excludes halogenated alkanes) is 7. The number of methoxy groups -OCH3 is 1. The summed E-state index contributed by atoms with van der Waals surface area (Å²) in [6.45, 7) is 2.19. The van der Waals surface area contributed by atoms with Gasteiger partial charge >= 0.3 is 5.97 Å². The van der Waals surface area contributed by atoms with Gasteiger partial charge in [-0.1, -0.05) is 57.6 Å². The van der Waals surface area contributed by atoms with Gasteiger partial charge in [0.15, 0.2) is 0 Å². The molecule has 0 aromatic carbocycles. The molecule has 0 aliphatic carbocycles. The Hall–Kier alpha value is -0.870. The minimum absolute atomic E-state index is 0.0109. The number of aliphatic hydroxyl groups excluding tert-OH is 1. The number of hydrogen-bond donors (Lipinski definition) is 1. The van der Waals surface area contributed by atoms with Crippen molar-refractivity contribution < 1.29 is 19.4 Å². The molecule has 0 aromatic rings. The van der Waals surface area contributed by atoms with Crippen LogP contribution < -0.4 is 0 Å². The number of aliphatic hydroxyl groups is 1. The third-order valence-electron chi connectivity index (χ3n) is 4.36. The van der Waals surface area contributed by atoms with E-state index >= 15 is 0 Å². The average Bonchev–Trinajstić information content (AvgIpc) is 3.33. The maximum absolute atomic E-state index is 11.0. The van der Waals surface area contributed by atoms with Crippen molar-refractivity contribution in [2.45, 2.75) is 95.9 Å². The largest absolute Gasteiger partial charge is 0.469 e. The standard InChI is InChI=1S/C19H34O4/c1-3-4-5-7-10-13-16(20)19-17(23-19)14-11-8-6-9-12-15-18(21)22-2/h10,13,16-17,19-20H,3-9,11-12,14-15H2,1-2H3/b13-10-/t16-,17+,19-/m1/s1. The van der Waals surface area contributed by atoms with Gasteiger partial charge in [-0.05, 0) is 25.7 Å². The first-order valence-corrected chi connectivity index (χ1v) is 9.26. The fraction of sp³-hybridized carbons (Fsp3) is 0.842. The molecule has 23 heavy (non-hydrogen) atoms. The summed E-state index contributed by atoms with van der Waals surface area (Å²) in [5.74, 6) is -0.115. The lowest BCUT2D eigenvalue weighted by Gasteiger charge is -2.02. The second kappa shape index (κ2) is 12.5. The monoisotopic (exact) mass is 326 g/mol. The second-order valence-electron chi connectivity index (χ2n) is 6.44. The van der Waals surface area contributed by atoms with Gasteiger partial charge in [0.1, 0.15) is 12.2 Å². The fourth-order valence-electron chi connectivity index (χ4n) is 2.79. The molecule has 134 valence electrons. The van der Waals surface area contributed by atoms with Crippen molar-refractivity contribution in [1.82, 2.24) is 0 Å². The van der Waals surface area contributed by atoms with E-state index in [4.69, 9.17) is 4.74 Å². The average molecular weight is 326 g/mol. The van der Waals surface area contributed by atoms with Crippen molar-refractivity contribution in [2.75, 3.05) is 7.11 Å². The minimum atomic E-state index is -0.443. The molecule has 1 saturated heterocycles. The first-order chi connectivity index (χ1) is 11.2. The Morgan fingerprint density at radius 2 is 1.91 bits per heavy atom. The molecule has 0 aromatic heterocycles. The summed E-state index contributed by atoms with van der Waals surface area (Å²) in [5.41, 5.74) is 0. The number of hydrogen-bond acceptors (Lipinski definition) is 4. The van der Waals surface area contributed by atoms with Crippen LogP contribution in [0.2, 0.25) is 0 Å². The van der Waals surface area contributed by atoms with Gasteiger partial charge < -0.3 is 14.6 Å². The molecule has 0 unspecified atom stereocenters. The lowest BCUT2D eigenvalue weighted by atomic mass is 10.0. The predicted molar refractivity (Wildman–Crippen MR) is 92.3 cm³/mol. The summed E-state index contributed by atoms with van der Waals surface area (Å²) in [7, 11) is 1.43. The third kappa shape index (κ3) is 9.77. The van der Waals surface area contributed by atoms with Crippen LogP contribution in [-0.2, 0) is 14.3 Å². The Balaban J connectivity index is 1.93. The molecule has 1 rings (SSSR count). The zero-order chi connectivity index (χ0) is 16.9. The van der Waals surface area contributed by atoms with Crippen molar-refractivity contribution >= 4 is 5.97 Å². The first-order valence-electron chi connectivity index (χ1n) is 9.26. The van der Waals surface area contributed by atoms with Gasteiger partial charge in [-0.25, -0.2) is 0 Å². The Morgan fingerprint density at radius 1 is 1.17 bits per heavy atom. The van der Waals surface area contributed by atoms with Gasteiger partial charge in [0.2, 0.25) is 0 Å². The van der Waals surface area contributed by atoms with E-state index in [2.05, 4.69) is 17.7 Å².